The zero-order valence-corrected chi connectivity index (χ0v) is 17.7. The van der Waals surface area contributed by atoms with Crippen molar-refractivity contribution in [1.29, 1.82) is 0 Å². The molecule has 0 spiro atoms. The number of benzene rings is 1. The molecule has 2 amide bonds. The summed E-state index contributed by atoms with van der Waals surface area (Å²) in [5, 5.41) is 7.06. The molecule has 2 aromatic rings. The Balaban J connectivity index is 1.93. The molecule has 1 aliphatic rings. The molecule has 0 fully saturated rings. The Kier molecular flexibility index (Phi) is 5.63. The third-order valence-electron chi connectivity index (χ3n) is 5.11. The van der Waals surface area contributed by atoms with E-state index in [1.165, 1.54) is 23.1 Å². The van der Waals surface area contributed by atoms with Crippen LogP contribution in [0.15, 0.2) is 24.3 Å². The third-order valence-corrected chi connectivity index (χ3v) is 6.53. The van der Waals surface area contributed by atoms with E-state index in [2.05, 4.69) is 31.4 Å². The zero-order chi connectivity index (χ0) is 19.8. The summed E-state index contributed by atoms with van der Waals surface area (Å²) in [6.07, 6.45) is 2.86. The second-order valence-corrected chi connectivity index (χ2v) is 9.70. The lowest BCUT2D eigenvalue weighted by atomic mass is 9.72. The Morgan fingerprint density at radius 2 is 1.81 bits per heavy atom. The normalized spacial score (nSPS) is 16.6. The fourth-order valence-corrected chi connectivity index (χ4v) is 5.04. The van der Waals surface area contributed by atoms with Gasteiger partial charge in [0, 0.05) is 22.5 Å². The van der Waals surface area contributed by atoms with Crippen molar-refractivity contribution >= 4 is 45.4 Å². The van der Waals surface area contributed by atoms with Gasteiger partial charge >= 0.3 is 0 Å². The van der Waals surface area contributed by atoms with Gasteiger partial charge in [-0.2, -0.15) is 0 Å². The minimum Gasteiger partial charge on any atom is -0.322 e. The molecule has 3 rings (SSSR count). The molecular formula is C21H25ClN2O2S. The highest BCUT2D eigenvalue weighted by Gasteiger charge is 2.33. The van der Waals surface area contributed by atoms with Crippen molar-refractivity contribution < 1.29 is 9.59 Å². The van der Waals surface area contributed by atoms with Crippen LogP contribution in [0, 0.1) is 11.3 Å². The van der Waals surface area contributed by atoms with Crippen molar-refractivity contribution in [2.45, 2.75) is 47.0 Å². The van der Waals surface area contributed by atoms with Gasteiger partial charge in [-0.15, -0.1) is 11.3 Å². The van der Waals surface area contributed by atoms with Gasteiger partial charge in [0.2, 0.25) is 5.91 Å². The third kappa shape index (κ3) is 4.53. The van der Waals surface area contributed by atoms with Gasteiger partial charge in [0.25, 0.3) is 5.91 Å². The number of rotatable bonds is 3. The van der Waals surface area contributed by atoms with E-state index in [1.54, 1.807) is 24.3 Å². The van der Waals surface area contributed by atoms with Crippen LogP contribution in [0.3, 0.4) is 0 Å². The van der Waals surface area contributed by atoms with Gasteiger partial charge < -0.3 is 10.6 Å². The molecule has 1 aliphatic carbocycles. The van der Waals surface area contributed by atoms with E-state index in [0.29, 0.717) is 27.2 Å². The molecule has 0 radical (unpaired) electrons. The number of nitrogens with one attached hydrogen (secondary N) is 2. The van der Waals surface area contributed by atoms with E-state index in [1.807, 2.05) is 0 Å². The predicted molar refractivity (Wildman–Crippen MR) is 113 cm³/mol. The quantitative estimate of drug-likeness (QED) is 0.682. The summed E-state index contributed by atoms with van der Waals surface area (Å²) in [6, 6.07) is 7.02. The van der Waals surface area contributed by atoms with Crippen molar-refractivity contribution in [1.82, 2.24) is 0 Å². The second-order valence-electron chi connectivity index (χ2n) is 8.16. The highest BCUT2D eigenvalue weighted by atomic mass is 35.5. The number of halogens is 1. The molecule has 0 saturated carbocycles. The van der Waals surface area contributed by atoms with Crippen LogP contribution in [-0.2, 0) is 17.6 Å². The number of thiophene rings is 1. The topological polar surface area (TPSA) is 58.2 Å². The summed E-state index contributed by atoms with van der Waals surface area (Å²) in [5.74, 6) is 0.218. The first-order valence-corrected chi connectivity index (χ1v) is 10.3. The lowest BCUT2D eigenvalue weighted by Crippen LogP contribution is -2.27. The van der Waals surface area contributed by atoms with Crippen LogP contribution in [0.1, 0.15) is 54.9 Å². The minimum absolute atomic E-state index is 0.165. The lowest BCUT2D eigenvalue weighted by Gasteiger charge is -2.33. The van der Waals surface area contributed by atoms with Crippen molar-refractivity contribution in [3.63, 3.8) is 0 Å². The maximum absolute atomic E-state index is 13.0. The average Bonchev–Trinajstić information content (AvgIpc) is 2.92. The van der Waals surface area contributed by atoms with Gasteiger partial charge in [0.1, 0.15) is 5.00 Å². The summed E-state index contributed by atoms with van der Waals surface area (Å²) < 4.78 is 0. The van der Waals surface area contributed by atoms with Crippen LogP contribution in [-0.4, -0.2) is 11.8 Å². The number of carbonyl (C=O) groups is 2. The number of fused-ring (bicyclic) bond motifs is 1. The van der Waals surface area contributed by atoms with E-state index in [-0.39, 0.29) is 17.2 Å². The molecule has 144 valence electrons. The van der Waals surface area contributed by atoms with Crippen molar-refractivity contribution in [3.8, 4) is 0 Å². The SMILES string of the molecule is CC(=O)Nc1sc2c(c1C(=O)Nc1ccc(Cl)cc1)CC[C@H](C(C)(C)C)C2. The Morgan fingerprint density at radius 3 is 2.41 bits per heavy atom. The number of hydrogen-bond acceptors (Lipinski definition) is 3. The fourth-order valence-electron chi connectivity index (χ4n) is 3.54. The molecule has 1 heterocycles. The van der Waals surface area contributed by atoms with E-state index in [0.717, 1.165) is 24.8 Å². The monoisotopic (exact) mass is 404 g/mol. The van der Waals surface area contributed by atoms with E-state index >= 15 is 0 Å². The van der Waals surface area contributed by atoms with E-state index in [9.17, 15) is 9.59 Å². The van der Waals surface area contributed by atoms with Crippen LogP contribution >= 0.6 is 22.9 Å². The Labute approximate surface area is 169 Å². The summed E-state index contributed by atoms with van der Waals surface area (Å²) in [5.41, 5.74) is 2.59. The van der Waals surface area contributed by atoms with Crippen LogP contribution in [0.2, 0.25) is 5.02 Å². The minimum atomic E-state index is -0.187. The first kappa shape index (κ1) is 19.9. The molecule has 4 nitrogen and oxygen atoms in total. The number of amides is 2. The number of carbonyl (C=O) groups excluding carboxylic acids is 2. The maximum atomic E-state index is 13.0. The van der Waals surface area contributed by atoms with Gasteiger partial charge in [0.15, 0.2) is 0 Å². The molecule has 1 aromatic carbocycles. The number of anilines is 2. The largest absolute Gasteiger partial charge is 0.322 e. The molecule has 0 aliphatic heterocycles. The summed E-state index contributed by atoms with van der Waals surface area (Å²) in [7, 11) is 0. The standard InChI is InChI=1S/C21H25ClN2O2S/c1-12(25)23-20-18(19(26)24-15-8-6-14(22)7-9-15)16-10-5-13(21(2,3)4)11-17(16)27-20/h6-9,13H,5,10-11H2,1-4H3,(H,23,25)(H,24,26)/t13-/m0/s1. The smallest absolute Gasteiger partial charge is 0.258 e. The van der Waals surface area contributed by atoms with Crippen LogP contribution < -0.4 is 10.6 Å². The van der Waals surface area contributed by atoms with Crippen LogP contribution in [0.25, 0.3) is 0 Å². The number of hydrogen-bond donors (Lipinski definition) is 2. The van der Waals surface area contributed by atoms with Gasteiger partial charge in [-0.25, -0.2) is 0 Å². The molecule has 0 saturated heterocycles. The van der Waals surface area contributed by atoms with Gasteiger partial charge in [-0.05, 0) is 60.4 Å². The Bertz CT molecular complexity index is 866. The highest BCUT2D eigenvalue weighted by molar-refractivity contribution is 7.17. The molecule has 0 bridgehead atoms. The maximum Gasteiger partial charge on any atom is 0.258 e. The van der Waals surface area contributed by atoms with E-state index in [4.69, 9.17) is 11.6 Å². The highest BCUT2D eigenvalue weighted by Crippen LogP contribution is 2.44. The lowest BCUT2D eigenvalue weighted by molar-refractivity contribution is -0.114. The fraction of sp³-hybridized carbons (Fsp3) is 0.429. The van der Waals surface area contributed by atoms with Crippen molar-refractivity contribution in [2.24, 2.45) is 11.3 Å². The predicted octanol–water partition coefficient (Wildman–Crippen LogP) is 5.76. The average molecular weight is 405 g/mol. The van der Waals surface area contributed by atoms with Gasteiger partial charge in [0.05, 0.1) is 5.56 Å². The van der Waals surface area contributed by atoms with Gasteiger partial charge in [-0.1, -0.05) is 32.4 Å². The van der Waals surface area contributed by atoms with Crippen molar-refractivity contribution in [2.75, 3.05) is 10.6 Å². The van der Waals surface area contributed by atoms with Gasteiger partial charge in [-0.3, -0.25) is 9.59 Å². The molecule has 1 aromatic heterocycles. The first-order chi connectivity index (χ1) is 12.6. The zero-order valence-electron chi connectivity index (χ0n) is 16.1. The molecule has 0 unspecified atom stereocenters. The summed E-state index contributed by atoms with van der Waals surface area (Å²) in [6.45, 7) is 8.26. The molecule has 6 heteroatoms. The summed E-state index contributed by atoms with van der Waals surface area (Å²) >= 11 is 7.45. The van der Waals surface area contributed by atoms with Crippen LogP contribution in [0.4, 0.5) is 10.7 Å². The van der Waals surface area contributed by atoms with E-state index < -0.39 is 0 Å². The molecule has 1 atom stereocenters. The second kappa shape index (κ2) is 7.64. The molecule has 2 N–H and O–H groups in total. The first-order valence-electron chi connectivity index (χ1n) is 9.14. The molecule has 27 heavy (non-hydrogen) atoms. The van der Waals surface area contributed by atoms with Crippen LogP contribution in [0.5, 0.6) is 0 Å². The molecular weight excluding hydrogens is 380 g/mol. The summed E-state index contributed by atoms with van der Waals surface area (Å²) in [4.78, 5) is 25.9. The Hall–Kier alpha value is -1.85. The Morgan fingerprint density at radius 1 is 1.15 bits per heavy atom. The van der Waals surface area contributed by atoms with Crippen molar-refractivity contribution in [3.05, 3.63) is 45.3 Å².